The van der Waals surface area contributed by atoms with Crippen LogP contribution in [-0.4, -0.2) is 37.5 Å². The van der Waals surface area contributed by atoms with Crippen LogP contribution >= 0.6 is 0 Å². The van der Waals surface area contributed by atoms with Gasteiger partial charge in [-0.3, -0.25) is 9.59 Å². The summed E-state index contributed by atoms with van der Waals surface area (Å²) in [7, 11) is 1.20. The summed E-state index contributed by atoms with van der Waals surface area (Å²) in [5.41, 5.74) is 0.443. The molecule has 0 aromatic heterocycles. The van der Waals surface area contributed by atoms with Crippen molar-refractivity contribution >= 4 is 17.8 Å². The maximum atomic E-state index is 11.7. The van der Waals surface area contributed by atoms with Crippen LogP contribution in [0.15, 0.2) is 30.3 Å². The number of hydrogen-bond acceptors (Lipinski definition) is 4. The summed E-state index contributed by atoms with van der Waals surface area (Å²) in [4.78, 5) is 34.8. The number of rotatable bonds is 6. The van der Waals surface area contributed by atoms with Crippen LogP contribution in [0.1, 0.15) is 16.8 Å². The van der Waals surface area contributed by atoms with Gasteiger partial charge < -0.3 is 15.4 Å². The average molecular weight is 288 g/mol. The molecule has 0 unspecified atom stereocenters. The van der Waals surface area contributed by atoms with Crippen molar-refractivity contribution in [2.24, 2.45) is 0 Å². The zero-order valence-electron chi connectivity index (χ0n) is 11.6. The number of carbonyl (C=O) groups is 3. The molecule has 1 aromatic carbocycles. The number of terminal acetylenes is 1. The molecule has 0 aliphatic carbocycles. The van der Waals surface area contributed by atoms with Gasteiger partial charge in [0.25, 0.3) is 5.91 Å². The van der Waals surface area contributed by atoms with E-state index in [1.54, 1.807) is 30.3 Å². The maximum absolute atomic E-state index is 11.7. The fraction of sp³-hybridized carbons (Fsp3) is 0.267. The molecule has 110 valence electrons. The van der Waals surface area contributed by atoms with Crippen LogP contribution in [-0.2, 0) is 14.3 Å². The summed E-state index contributed by atoms with van der Waals surface area (Å²) < 4.78 is 4.52. The van der Waals surface area contributed by atoms with Crippen LogP contribution in [0.25, 0.3) is 0 Å². The lowest BCUT2D eigenvalue weighted by molar-refractivity contribution is -0.144. The summed E-state index contributed by atoms with van der Waals surface area (Å²) >= 11 is 0. The topological polar surface area (TPSA) is 84.5 Å². The SMILES string of the molecule is C#CC[C@H](NC(=O)CNC(=O)c1ccccc1)C(=O)OC. The summed E-state index contributed by atoms with van der Waals surface area (Å²) in [5.74, 6) is 0.747. The van der Waals surface area contributed by atoms with Gasteiger partial charge >= 0.3 is 5.97 Å². The van der Waals surface area contributed by atoms with E-state index < -0.39 is 17.9 Å². The second kappa shape index (κ2) is 8.38. The first-order valence-corrected chi connectivity index (χ1v) is 6.22. The number of esters is 1. The Bertz CT molecular complexity index is 549. The standard InChI is InChI=1S/C15H16N2O4/c1-3-7-12(15(20)21-2)17-13(18)10-16-14(19)11-8-5-4-6-9-11/h1,4-6,8-9,12H,7,10H2,2H3,(H,16,19)(H,17,18)/t12-/m0/s1. The van der Waals surface area contributed by atoms with Gasteiger partial charge in [0, 0.05) is 12.0 Å². The van der Waals surface area contributed by atoms with Crippen LogP contribution in [0.3, 0.4) is 0 Å². The van der Waals surface area contributed by atoms with E-state index in [0.717, 1.165) is 0 Å². The molecule has 1 atom stereocenters. The fourth-order valence-electron chi connectivity index (χ4n) is 1.55. The number of amides is 2. The van der Waals surface area contributed by atoms with E-state index in [4.69, 9.17) is 6.42 Å². The lowest BCUT2D eigenvalue weighted by Crippen LogP contribution is -2.45. The molecule has 0 heterocycles. The molecule has 0 spiro atoms. The number of carbonyl (C=O) groups excluding carboxylic acids is 3. The Morgan fingerprint density at radius 3 is 2.52 bits per heavy atom. The van der Waals surface area contributed by atoms with Gasteiger partial charge in [0.15, 0.2) is 0 Å². The zero-order chi connectivity index (χ0) is 15.7. The van der Waals surface area contributed by atoms with Crippen molar-refractivity contribution in [3.05, 3.63) is 35.9 Å². The molecule has 2 N–H and O–H groups in total. The normalized spacial score (nSPS) is 10.9. The zero-order valence-corrected chi connectivity index (χ0v) is 11.6. The second-order valence-electron chi connectivity index (χ2n) is 4.10. The first-order chi connectivity index (χ1) is 10.1. The quantitative estimate of drug-likeness (QED) is 0.574. The lowest BCUT2D eigenvalue weighted by atomic mass is 10.2. The smallest absolute Gasteiger partial charge is 0.329 e. The third-order valence-corrected chi connectivity index (χ3v) is 2.59. The molecule has 0 saturated carbocycles. The molecule has 0 fully saturated rings. The van der Waals surface area contributed by atoms with Crippen molar-refractivity contribution in [3.63, 3.8) is 0 Å². The van der Waals surface area contributed by atoms with Crippen molar-refractivity contribution in [2.75, 3.05) is 13.7 Å². The van der Waals surface area contributed by atoms with Crippen molar-refractivity contribution in [2.45, 2.75) is 12.5 Å². The monoisotopic (exact) mass is 288 g/mol. The van der Waals surface area contributed by atoms with E-state index in [0.29, 0.717) is 5.56 Å². The summed E-state index contributed by atoms with van der Waals surface area (Å²) in [6, 6.07) is 7.56. The third kappa shape index (κ3) is 5.37. The molecule has 0 radical (unpaired) electrons. The number of hydrogen-bond donors (Lipinski definition) is 2. The Labute approximate surface area is 122 Å². The number of nitrogens with one attached hydrogen (secondary N) is 2. The van der Waals surface area contributed by atoms with E-state index in [1.165, 1.54) is 7.11 Å². The van der Waals surface area contributed by atoms with Crippen molar-refractivity contribution < 1.29 is 19.1 Å². The second-order valence-corrected chi connectivity index (χ2v) is 4.10. The van der Waals surface area contributed by atoms with Gasteiger partial charge in [0.05, 0.1) is 13.7 Å². The molecule has 1 aromatic rings. The van der Waals surface area contributed by atoms with Crippen LogP contribution in [0.4, 0.5) is 0 Å². The van der Waals surface area contributed by atoms with E-state index >= 15 is 0 Å². The average Bonchev–Trinajstić information content (AvgIpc) is 2.52. The molecule has 0 bridgehead atoms. The predicted octanol–water partition coefficient (Wildman–Crippen LogP) is 0.0975. The molecule has 6 heteroatoms. The Morgan fingerprint density at radius 1 is 1.29 bits per heavy atom. The van der Waals surface area contributed by atoms with Crippen LogP contribution in [0.2, 0.25) is 0 Å². The molecule has 21 heavy (non-hydrogen) atoms. The highest BCUT2D eigenvalue weighted by Crippen LogP contribution is 1.97. The van der Waals surface area contributed by atoms with E-state index in [1.807, 2.05) is 0 Å². The molecule has 2 amide bonds. The Kier molecular flexibility index (Phi) is 6.48. The minimum Gasteiger partial charge on any atom is -0.467 e. The molecular weight excluding hydrogens is 272 g/mol. The molecular formula is C15H16N2O4. The summed E-state index contributed by atoms with van der Waals surface area (Å²) in [6.07, 6.45) is 5.14. The maximum Gasteiger partial charge on any atom is 0.329 e. The van der Waals surface area contributed by atoms with E-state index in [2.05, 4.69) is 21.3 Å². The van der Waals surface area contributed by atoms with Gasteiger partial charge in [-0.25, -0.2) is 4.79 Å². The molecule has 0 aliphatic heterocycles. The first-order valence-electron chi connectivity index (χ1n) is 6.22. The Hall–Kier alpha value is -2.81. The van der Waals surface area contributed by atoms with Gasteiger partial charge in [-0.15, -0.1) is 12.3 Å². The number of benzene rings is 1. The van der Waals surface area contributed by atoms with E-state index in [-0.39, 0.29) is 18.9 Å². The van der Waals surface area contributed by atoms with Crippen molar-refractivity contribution in [1.82, 2.24) is 10.6 Å². The van der Waals surface area contributed by atoms with Crippen molar-refractivity contribution in [3.8, 4) is 12.3 Å². The fourth-order valence-corrected chi connectivity index (χ4v) is 1.55. The van der Waals surface area contributed by atoms with Gasteiger partial charge in [-0.1, -0.05) is 18.2 Å². The molecule has 0 aliphatic rings. The molecule has 1 rings (SSSR count). The van der Waals surface area contributed by atoms with Gasteiger partial charge in [0.1, 0.15) is 6.04 Å². The minimum atomic E-state index is -0.916. The van der Waals surface area contributed by atoms with Gasteiger partial charge in [0.2, 0.25) is 5.91 Å². The molecule has 0 saturated heterocycles. The van der Waals surface area contributed by atoms with Gasteiger partial charge in [-0.05, 0) is 12.1 Å². The first kappa shape index (κ1) is 16.2. The highest BCUT2D eigenvalue weighted by atomic mass is 16.5. The molecule has 6 nitrogen and oxygen atoms in total. The number of ether oxygens (including phenoxy) is 1. The highest BCUT2D eigenvalue weighted by molar-refractivity contribution is 5.96. The summed E-state index contributed by atoms with van der Waals surface area (Å²) in [6.45, 7) is -0.258. The largest absolute Gasteiger partial charge is 0.467 e. The van der Waals surface area contributed by atoms with Crippen LogP contribution in [0.5, 0.6) is 0 Å². The predicted molar refractivity (Wildman–Crippen MR) is 76.2 cm³/mol. The Balaban J connectivity index is 2.48. The van der Waals surface area contributed by atoms with Crippen molar-refractivity contribution in [1.29, 1.82) is 0 Å². The minimum absolute atomic E-state index is 0.0189. The van der Waals surface area contributed by atoms with E-state index in [9.17, 15) is 14.4 Å². The highest BCUT2D eigenvalue weighted by Gasteiger charge is 2.20. The van der Waals surface area contributed by atoms with Gasteiger partial charge in [-0.2, -0.15) is 0 Å². The third-order valence-electron chi connectivity index (χ3n) is 2.59. The number of methoxy groups -OCH3 is 1. The van der Waals surface area contributed by atoms with Crippen LogP contribution in [0, 0.1) is 12.3 Å². The lowest BCUT2D eigenvalue weighted by Gasteiger charge is -2.14. The van der Waals surface area contributed by atoms with Crippen LogP contribution < -0.4 is 10.6 Å². The Morgan fingerprint density at radius 2 is 1.95 bits per heavy atom. The summed E-state index contributed by atoms with van der Waals surface area (Å²) in [5, 5.41) is 4.85.